The van der Waals surface area contributed by atoms with Crippen LogP contribution >= 0.6 is 0 Å². The summed E-state index contributed by atoms with van der Waals surface area (Å²) in [6.07, 6.45) is 5.94. The first-order valence-electron chi connectivity index (χ1n) is 7.13. The van der Waals surface area contributed by atoms with Crippen molar-refractivity contribution in [3.63, 3.8) is 0 Å². The number of likely N-dealkylation sites (N-methyl/N-ethyl adjacent to an activating group) is 1. The lowest BCUT2D eigenvalue weighted by Gasteiger charge is -2.45. The van der Waals surface area contributed by atoms with Gasteiger partial charge in [0.1, 0.15) is 0 Å². The van der Waals surface area contributed by atoms with Crippen LogP contribution in [0.3, 0.4) is 0 Å². The van der Waals surface area contributed by atoms with E-state index in [1.807, 2.05) is 0 Å². The maximum Gasteiger partial charge on any atom is 0.158 e. The van der Waals surface area contributed by atoms with E-state index in [4.69, 9.17) is 15.2 Å². The van der Waals surface area contributed by atoms with Gasteiger partial charge >= 0.3 is 0 Å². The highest BCUT2D eigenvalue weighted by molar-refractivity contribution is 4.93. The largest absolute Gasteiger partial charge is 0.356 e. The highest BCUT2D eigenvalue weighted by Gasteiger charge is 2.37. The van der Waals surface area contributed by atoms with Crippen molar-refractivity contribution in [2.75, 3.05) is 27.3 Å². The van der Waals surface area contributed by atoms with Gasteiger partial charge in [-0.1, -0.05) is 19.8 Å². The van der Waals surface area contributed by atoms with E-state index in [-0.39, 0.29) is 11.8 Å². The lowest BCUT2D eigenvalue weighted by atomic mass is 9.92. The molecule has 0 spiro atoms. The van der Waals surface area contributed by atoms with Crippen LogP contribution < -0.4 is 5.73 Å². The van der Waals surface area contributed by atoms with Crippen molar-refractivity contribution in [1.29, 1.82) is 0 Å². The van der Waals surface area contributed by atoms with Crippen LogP contribution in [0.15, 0.2) is 0 Å². The van der Waals surface area contributed by atoms with Gasteiger partial charge in [0, 0.05) is 38.8 Å². The average molecular weight is 258 g/mol. The van der Waals surface area contributed by atoms with Crippen molar-refractivity contribution < 1.29 is 9.47 Å². The van der Waals surface area contributed by atoms with Crippen molar-refractivity contribution in [3.8, 4) is 0 Å². The molecule has 0 aliphatic heterocycles. The highest BCUT2D eigenvalue weighted by Crippen LogP contribution is 2.31. The Morgan fingerprint density at radius 3 is 2.22 bits per heavy atom. The zero-order valence-electron chi connectivity index (χ0n) is 12.4. The van der Waals surface area contributed by atoms with Crippen molar-refractivity contribution in [3.05, 3.63) is 0 Å². The molecule has 0 aromatic rings. The summed E-state index contributed by atoms with van der Waals surface area (Å²) in [4.78, 5) is 2.56. The Morgan fingerprint density at radius 1 is 1.28 bits per heavy atom. The lowest BCUT2D eigenvalue weighted by Crippen LogP contribution is -2.57. The minimum atomic E-state index is -0.172. The number of ether oxygens (including phenoxy) is 2. The SMILES string of the molecule is CCN(C1CCCC1)C(C)(CN)CC(OC)OC. The summed E-state index contributed by atoms with van der Waals surface area (Å²) in [6, 6.07) is 0.679. The minimum Gasteiger partial charge on any atom is -0.356 e. The molecule has 0 aromatic heterocycles. The van der Waals surface area contributed by atoms with Crippen LogP contribution in [0.2, 0.25) is 0 Å². The topological polar surface area (TPSA) is 47.7 Å². The van der Waals surface area contributed by atoms with Crippen molar-refractivity contribution in [2.45, 2.75) is 63.8 Å². The summed E-state index contributed by atoms with van der Waals surface area (Å²) in [7, 11) is 3.38. The second kappa shape index (κ2) is 7.43. The predicted molar refractivity (Wildman–Crippen MR) is 74.5 cm³/mol. The maximum absolute atomic E-state index is 6.06. The molecule has 2 N–H and O–H groups in total. The maximum atomic E-state index is 6.06. The molecule has 0 heterocycles. The van der Waals surface area contributed by atoms with Crippen LogP contribution in [-0.2, 0) is 9.47 Å². The molecule has 0 radical (unpaired) electrons. The van der Waals surface area contributed by atoms with Crippen LogP contribution in [0.5, 0.6) is 0 Å². The number of nitrogens with zero attached hydrogens (tertiary/aromatic N) is 1. The van der Waals surface area contributed by atoms with Gasteiger partial charge in [-0.25, -0.2) is 0 Å². The van der Waals surface area contributed by atoms with Crippen LogP contribution in [0.25, 0.3) is 0 Å². The van der Waals surface area contributed by atoms with Crippen LogP contribution in [0.1, 0.15) is 46.0 Å². The van der Waals surface area contributed by atoms with Gasteiger partial charge in [-0.2, -0.15) is 0 Å². The molecule has 1 aliphatic rings. The molecule has 0 bridgehead atoms. The van der Waals surface area contributed by atoms with E-state index in [1.165, 1.54) is 25.7 Å². The zero-order chi connectivity index (χ0) is 13.6. The minimum absolute atomic E-state index is 0.0412. The summed E-state index contributed by atoms with van der Waals surface area (Å²) in [5.74, 6) is 0. The number of rotatable bonds is 8. The predicted octanol–water partition coefficient (Wildman–Crippen LogP) is 1.98. The Hall–Kier alpha value is -0.160. The fourth-order valence-electron chi connectivity index (χ4n) is 3.24. The van der Waals surface area contributed by atoms with E-state index < -0.39 is 0 Å². The smallest absolute Gasteiger partial charge is 0.158 e. The van der Waals surface area contributed by atoms with E-state index in [2.05, 4.69) is 18.7 Å². The lowest BCUT2D eigenvalue weighted by molar-refractivity contribution is -0.131. The molecule has 1 atom stereocenters. The van der Waals surface area contributed by atoms with Crippen LogP contribution in [0.4, 0.5) is 0 Å². The van der Waals surface area contributed by atoms with E-state index in [1.54, 1.807) is 14.2 Å². The molecular weight excluding hydrogens is 228 g/mol. The highest BCUT2D eigenvalue weighted by atomic mass is 16.7. The first-order chi connectivity index (χ1) is 8.61. The second-order valence-electron chi connectivity index (χ2n) is 5.53. The molecular formula is C14H30N2O2. The number of hydrogen-bond donors (Lipinski definition) is 1. The average Bonchev–Trinajstić information content (AvgIpc) is 2.90. The van der Waals surface area contributed by atoms with Gasteiger partial charge in [0.15, 0.2) is 6.29 Å². The molecule has 1 aliphatic carbocycles. The van der Waals surface area contributed by atoms with Gasteiger partial charge in [0.25, 0.3) is 0 Å². The first-order valence-corrected chi connectivity index (χ1v) is 7.13. The fraction of sp³-hybridized carbons (Fsp3) is 1.00. The van der Waals surface area contributed by atoms with Gasteiger partial charge < -0.3 is 15.2 Å². The number of nitrogens with two attached hydrogens (primary N) is 1. The summed E-state index contributed by atoms with van der Waals surface area (Å²) < 4.78 is 10.7. The normalized spacial score (nSPS) is 20.8. The Balaban J connectivity index is 2.74. The molecule has 0 saturated heterocycles. The molecule has 4 heteroatoms. The summed E-state index contributed by atoms with van der Waals surface area (Å²) >= 11 is 0. The molecule has 1 rings (SSSR count). The third-order valence-electron chi connectivity index (χ3n) is 4.37. The molecule has 108 valence electrons. The Kier molecular flexibility index (Phi) is 6.57. The number of hydrogen-bond acceptors (Lipinski definition) is 4. The summed E-state index contributed by atoms with van der Waals surface area (Å²) in [5, 5.41) is 0. The Labute approximate surface area is 112 Å². The third-order valence-corrected chi connectivity index (χ3v) is 4.37. The standard InChI is InChI=1S/C14H30N2O2/c1-5-16(12-8-6-7-9-12)14(2,11-15)10-13(17-3)18-4/h12-13H,5-11,15H2,1-4H3. The second-order valence-corrected chi connectivity index (χ2v) is 5.53. The Bertz CT molecular complexity index is 228. The molecule has 4 nitrogen and oxygen atoms in total. The Morgan fingerprint density at radius 2 is 1.83 bits per heavy atom. The van der Waals surface area contributed by atoms with Gasteiger partial charge in [-0.3, -0.25) is 4.90 Å². The van der Waals surface area contributed by atoms with Crippen molar-refractivity contribution >= 4 is 0 Å². The molecule has 0 amide bonds. The fourth-order valence-corrected chi connectivity index (χ4v) is 3.24. The molecule has 1 saturated carbocycles. The third kappa shape index (κ3) is 3.67. The van der Waals surface area contributed by atoms with Crippen molar-refractivity contribution in [2.24, 2.45) is 5.73 Å². The first kappa shape index (κ1) is 15.9. The van der Waals surface area contributed by atoms with E-state index in [0.29, 0.717) is 12.6 Å². The van der Waals surface area contributed by atoms with Crippen LogP contribution in [-0.4, -0.2) is 50.1 Å². The van der Waals surface area contributed by atoms with Gasteiger partial charge in [0.2, 0.25) is 0 Å². The number of methoxy groups -OCH3 is 2. The monoisotopic (exact) mass is 258 g/mol. The molecule has 1 fully saturated rings. The molecule has 18 heavy (non-hydrogen) atoms. The van der Waals surface area contributed by atoms with Gasteiger partial charge in [-0.15, -0.1) is 0 Å². The van der Waals surface area contributed by atoms with E-state index in [0.717, 1.165) is 13.0 Å². The quantitative estimate of drug-likeness (QED) is 0.676. The van der Waals surface area contributed by atoms with Gasteiger partial charge in [-0.05, 0) is 26.3 Å². The van der Waals surface area contributed by atoms with E-state index >= 15 is 0 Å². The summed E-state index contributed by atoms with van der Waals surface area (Å²) in [6.45, 7) is 6.14. The van der Waals surface area contributed by atoms with E-state index in [9.17, 15) is 0 Å². The van der Waals surface area contributed by atoms with Crippen molar-refractivity contribution in [1.82, 2.24) is 4.90 Å². The molecule has 0 aromatic carbocycles. The van der Waals surface area contributed by atoms with Crippen LogP contribution in [0, 0.1) is 0 Å². The summed E-state index contributed by atoms with van der Waals surface area (Å²) in [5.41, 5.74) is 6.01. The zero-order valence-corrected chi connectivity index (χ0v) is 12.4. The molecule has 1 unspecified atom stereocenters. The van der Waals surface area contributed by atoms with Gasteiger partial charge in [0.05, 0.1) is 0 Å².